The third kappa shape index (κ3) is 5.02. The summed E-state index contributed by atoms with van der Waals surface area (Å²) < 4.78 is 64.9. The van der Waals surface area contributed by atoms with Crippen LogP contribution in [0.15, 0.2) is 82.6 Å². The first-order chi connectivity index (χ1) is 19.2. The Hall–Kier alpha value is -2.92. The van der Waals surface area contributed by atoms with Gasteiger partial charge in [0.25, 0.3) is 0 Å². The molecule has 8 nitrogen and oxygen atoms in total. The smallest absolute Gasteiger partial charge is 0.242 e. The summed E-state index contributed by atoms with van der Waals surface area (Å²) in [4.78, 5) is 3.15. The molecule has 3 heterocycles. The summed E-state index contributed by atoms with van der Waals surface area (Å²) in [5.41, 5.74) is 1.66. The van der Waals surface area contributed by atoms with Gasteiger partial charge in [-0.1, -0.05) is 42.5 Å². The predicted molar refractivity (Wildman–Crippen MR) is 152 cm³/mol. The summed E-state index contributed by atoms with van der Waals surface area (Å²) in [6, 6.07) is 21.8. The highest BCUT2D eigenvalue weighted by molar-refractivity contribution is 7.91. The monoisotopic (exact) mass is 582 g/mol. The fourth-order valence-electron chi connectivity index (χ4n) is 6.36. The highest BCUT2D eigenvalue weighted by Crippen LogP contribution is 2.46. The van der Waals surface area contributed by atoms with Crippen LogP contribution in [0.1, 0.15) is 36.3 Å². The van der Waals surface area contributed by atoms with E-state index in [0.29, 0.717) is 22.9 Å². The summed E-state index contributed by atoms with van der Waals surface area (Å²) in [7, 11) is -5.27. The van der Waals surface area contributed by atoms with Crippen molar-refractivity contribution in [1.29, 1.82) is 0 Å². The number of piperidine rings is 1. The molecule has 0 aromatic heterocycles. The van der Waals surface area contributed by atoms with Crippen LogP contribution in [-0.4, -0.2) is 71.8 Å². The number of fused-ring (bicyclic) bond motifs is 3. The Balaban J connectivity index is 1.17. The number of rotatable bonds is 8. The zero-order chi connectivity index (χ0) is 28.0. The number of hydrogen-bond acceptors (Lipinski definition) is 7. The fourth-order valence-corrected chi connectivity index (χ4v) is 9.83. The molecule has 3 aromatic rings. The quantitative estimate of drug-likeness (QED) is 0.396. The fraction of sp³-hybridized carbons (Fsp3) is 0.400. The van der Waals surface area contributed by atoms with Crippen LogP contribution in [0.4, 0.5) is 0 Å². The van der Waals surface area contributed by atoms with Crippen molar-refractivity contribution in [3.63, 3.8) is 0 Å². The lowest BCUT2D eigenvalue weighted by atomic mass is 9.74. The van der Waals surface area contributed by atoms with Crippen molar-refractivity contribution in [1.82, 2.24) is 9.21 Å². The van der Waals surface area contributed by atoms with Gasteiger partial charge in [0.15, 0.2) is 21.3 Å². The molecule has 0 unspecified atom stereocenters. The van der Waals surface area contributed by atoms with Crippen LogP contribution in [0.2, 0.25) is 0 Å². The lowest BCUT2D eigenvalue weighted by molar-refractivity contribution is 0.165. The Morgan fingerprint density at radius 2 is 1.65 bits per heavy atom. The Morgan fingerprint density at radius 3 is 2.42 bits per heavy atom. The van der Waals surface area contributed by atoms with Crippen LogP contribution < -0.4 is 9.47 Å². The molecule has 3 aliphatic rings. The van der Waals surface area contributed by atoms with Crippen LogP contribution >= 0.6 is 0 Å². The number of ether oxygens (including phenoxy) is 2. The molecule has 0 radical (unpaired) electrons. The van der Waals surface area contributed by atoms with E-state index in [1.54, 1.807) is 49.5 Å². The summed E-state index contributed by atoms with van der Waals surface area (Å²) in [6.07, 6.45) is 2.33. The number of likely N-dealkylation sites (tertiary alicyclic amines) is 1. The van der Waals surface area contributed by atoms with Crippen LogP contribution in [0.25, 0.3) is 0 Å². The van der Waals surface area contributed by atoms with Crippen molar-refractivity contribution >= 4 is 19.9 Å². The van der Waals surface area contributed by atoms with Gasteiger partial charge in [-0.05, 0) is 86.3 Å². The average Bonchev–Trinajstić information content (AvgIpc) is 3.52. The Kier molecular flexibility index (Phi) is 7.14. The molecule has 212 valence electrons. The van der Waals surface area contributed by atoms with Crippen molar-refractivity contribution in [2.24, 2.45) is 0 Å². The summed E-state index contributed by atoms with van der Waals surface area (Å²) >= 11 is 0. The van der Waals surface area contributed by atoms with E-state index in [1.165, 1.54) is 4.31 Å². The van der Waals surface area contributed by atoms with E-state index >= 15 is 0 Å². The molecule has 1 saturated heterocycles. The maximum Gasteiger partial charge on any atom is 0.242 e. The van der Waals surface area contributed by atoms with Gasteiger partial charge in [-0.15, -0.1) is 0 Å². The summed E-state index contributed by atoms with van der Waals surface area (Å²) in [5.74, 6) is 1.49. The Bertz CT molecular complexity index is 1600. The predicted octanol–water partition coefficient (Wildman–Crippen LogP) is 4.03. The highest BCUT2D eigenvalue weighted by atomic mass is 32.2. The molecule has 3 aromatic carbocycles. The van der Waals surface area contributed by atoms with Crippen molar-refractivity contribution in [2.75, 3.05) is 45.8 Å². The first-order valence-electron chi connectivity index (χ1n) is 13.6. The Labute approximate surface area is 236 Å². The minimum absolute atomic E-state index is 0.0681. The van der Waals surface area contributed by atoms with Gasteiger partial charge in [0.1, 0.15) is 0 Å². The van der Waals surface area contributed by atoms with E-state index in [9.17, 15) is 16.8 Å². The van der Waals surface area contributed by atoms with Gasteiger partial charge in [0.05, 0.1) is 15.5 Å². The maximum atomic E-state index is 13.3. The lowest BCUT2D eigenvalue weighted by Gasteiger charge is -2.39. The number of sulfone groups is 1. The molecule has 6 rings (SSSR count). The molecule has 1 fully saturated rings. The van der Waals surface area contributed by atoms with Crippen molar-refractivity contribution < 1.29 is 26.3 Å². The van der Waals surface area contributed by atoms with Gasteiger partial charge in [-0.2, -0.15) is 0 Å². The number of nitrogens with zero attached hydrogens (tertiary/aromatic N) is 2. The number of benzene rings is 3. The second-order valence-electron chi connectivity index (χ2n) is 11.1. The summed E-state index contributed by atoms with van der Waals surface area (Å²) in [5, 5.41) is 0. The van der Waals surface area contributed by atoms with E-state index in [-0.39, 0.29) is 28.8 Å². The van der Waals surface area contributed by atoms with Crippen LogP contribution in [-0.2, 0) is 25.3 Å². The van der Waals surface area contributed by atoms with Gasteiger partial charge >= 0.3 is 0 Å². The number of likely N-dealkylation sites (N-methyl/N-ethyl adjacent to an activating group) is 1. The normalized spacial score (nSPS) is 20.1. The van der Waals surface area contributed by atoms with E-state index < -0.39 is 19.9 Å². The molecular weight excluding hydrogens is 548 g/mol. The molecule has 0 aliphatic carbocycles. The first kappa shape index (κ1) is 27.3. The maximum absolute atomic E-state index is 13.3. The molecule has 40 heavy (non-hydrogen) atoms. The lowest BCUT2D eigenvalue weighted by Crippen LogP contribution is -2.44. The highest BCUT2D eigenvalue weighted by Gasteiger charge is 2.48. The third-order valence-corrected chi connectivity index (χ3v) is 12.5. The topological polar surface area (TPSA) is 93.2 Å². The minimum atomic E-state index is -3.64. The first-order valence-corrected chi connectivity index (χ1v) is 16.7. The minimum Gasteiger partial charge on any atom is -0.454 e. The second-order valence-corrected chi connectivity index (χ2v) is 15.1. The standard InChI is InChI=1S/C30H34N2O6S2/c1-31(40(35,36)25-7-3-2-4-8-25)20-24(23-11-12-27-28(19-23)38-22-37-27)13-16-32-17-14-30(15-18-32)21-39(33,34)29-10-6-5-9-26(29)30/h2-12,19,24H,13-18,20-22H2,1H3/t24-/m1/s1. The van der Waals surface area contributed by atoms with Crippen molar-refractivity contribution in [3.05, 3.63) is 83.9 Å². The second kappa shape index (κ2) is 10.5. The van der Waals surface area contributed by atoms with Gasteiger partial charge in [0, 0.05) is 19.0 Å². The van der Waals surface area contributed by atoms with E-state index in [2.05, 4.69) is 4.90 Å². The van der Waals surface area contributed by atoms with Crippen LogP contribution in [0.5, 0.6) is 11.5 Å². The van der Waals surface area contributed by atoms with Gasteiger partial charge in [0.2, 0.25) is 16.8 Å². The molecular formula is C30H34N2O6S2. The largest absolute Gasteiger partial charge is 0.454 e. The van der Waals surface area contributed by atoms with Crippen LogP contribution in [0, 0.1) is 0 Å². The summed E-state index contributed by atoms with van der Waals surface area (Å²) in [6.45, 7) is 2.88. The number of hydrogen-bond donors (Lipinski definition) is 0. The molecule has 1 spiro atoms. The van der Waals surface area contributed by atoms with E-state index in [4.69, 9.17) is 9.47 Å². The molecule has 0 saturated carbocycles. The van der Waals surface area contributed by atoms with E-state index in [1.807, 2.05) is 30.3 Å². The molecule has 3 aliphatic heterocycles. The van der Waals surface area contributed by atoms with Gasteiger partial charge in [-0.25, -0.2) is 21.1 Å². The Morgan fingerprint density at radius 1 is 0.950 bits per heavy atom. The molecule has 0 bridgehead atoms. The molecule has 1 atom stereocenters. The number of sulfonamides is 1. The van der Waals surface area contributed by atoms with E-state index in [0.717, 1.165) is 50.0 Å². The van der Waals surface area contributed by atoms with Gasteiger partial charge in [-0.3, -0.25) is 0 Å². The average molecular weight is 583 g/mol. The molecule has 0 N–H and O–H groups in total. The van der Waals surface area contributed by atoms with Gasteiger partial charge < -0.3 is 14.4 Å². The third-order valence-electron chi connectivity index (χ3n) is 8.66. The SMILES string of the molecule is CN(C[C@@H](CCN1CCC2(CC1)CS(=O)(=O)c1ccccc12)c1ccc2c(c1)OCO2)S(=O)(=O)c1ccccc1. The molecule has 0 amide bonds. The van der Waals surface area contributed by atoms with Crippen molar-refractivity contribution in [2.45, 2.75) is 40.4 Å². The van der Waals surface area contributed by atoms with Crippen LogP contribution in [0.3, 0.4) is 0 Å². The zero-order valence-corrected chi connectivity index (χ0v) is 24.2. The zero-order valence-electron chi connectivity index (χ0n) is 22.5. The van der Waals surface area contributed by atoms with Crippen molar-refractivity contribution in [3.8, 4) is 11.5 Å². The molecule has 10 heteroatoms.